The number of hydrogen-bond acceptors (Lipinski definition) is 5. The van der Waals surface area contributed by atoms with Crippen LogP contribution < -0.4 is 16.4 Å². The number of nitriles is 1. The molecular formula is C18H16ClN5. The van der Waals surface area contributed by atoms with Gasteiger partial charge in [0.05, 0.1) is 11.6 Å². The summed E-state index contributed by atoms with van der Waals surface area (Å²) in [5.41, 5.74) is 10.5. The molecule has 3 rings (SSSR count). The first kappa shape index (κ1) is 16.1. The zero-order chi connectivity index (χ0) is 17.2. The van der Waals surface area contributed by atoms with E-state index in [1.807, 2.05) is 31.2 Å². The third-order valence-corrected chi connectivity index (χ3v) is 3.92. The van der Waals surface area contributed by atoms with Crippen molar-refractivity contribution in [2.24, 2.45) is 10.7 Å². The van der Waals surface area contributed by atoms with Crippen LogP contribution in [-0.2, 0) is 0 Å². The smallest absolute Gasteiger partial charge is 0.263 e. The predicted octanol–water partition coefficient (Wildman–Crippen LogP) is 3.22. The fourth-order valence-electron chi connectivity index (χ4n) is 2.46. The lowest BCUT2D eigenvalue weighted by atomic mass is 10.0. The van der Waals surface area contributed by atoms with Crippen LogP contribution >= 0.6 is 11.6 Å². The van der Waals surface area contributed by atoms with Crippen LogP contribution in [0.15, 0.2) is 53.5 Å². The van der Waals surface area contributed by atoms with E-state index < -0.39 is 5.91 Å². The number of nitrogens with two attached hydrogens (primary N) is 1. The Balaban J connectivity index is 1.83. The maximum Gasteiger partial charge on any atom is 0.263 e. The summed E-state index contributed by atoms with van der Waals surface area (Å²) in [4.78, 5) is 4.28. The summed E-state index contributed by atoms with van der Waals surface area (Å²) in [5.74, 6) is -1.19. The number of rotatable bonds is 3. The van der Waals surface area contributed by atoms with Crippen molar-refractivity contribution in [1.29, 1.82) is 5.26 Å². The zero-order valence-corrected chi connectivity index (χ0v) is 13.8. The maximum absolute atomic E-state index is 8.86. The van der Waals surface area contributed by atoms with Gasteiger partial charge in [0.1, 0.15) is 0 Å². The van der Waals surface area contributed by atoms with E-state index in [4.69, 9.17) is 22.6 Å². The first-order chi connectivity index (χ1) is 11.5. The standard InChI is InChI=1S/C18H16ClN5/c1-12-2-5-14(19)10-16(12)17-8-9-22-18(21,24-17)23-15-6-3-13(11-20)4-7-15/h2-10,23-24H,21H2,1H3. The lowest BCUT2D eigenvalue weighted by Crippen LogP contribution is -2.58. The van der Waals surface area contributed by atoms with Gasteiger partial charge >= 0.3 is 0 Å². The van der Waals surface area contributed by atoms with Crippen LogP contribution in [0, 0.1) is 18.3 Å². The summed E-state index contributed by atoms with van der Waals surface area (Å²) in [5, 5.41) is 15.8. The molecule has 5 nitrogen and oxygen atoms in total. The number of nitrogens with zero attached hydrogens (tertiary/aromatic N) is 2. The molecule has 0 spiro atoms. The molecule has 0 saturated heterocycles. The van der Waals surface area contributed by atoms with Crippen molar-refractivity contribution in [2.75, 3.05) is 5.32 Å². The van der Waals surface area contributed by atoms with Crippen LogP contribution in [0.25, 0.3) is 5.70 Å². The molecule has 1 atom stereocenters. The fraction of sp³-hybridized carbons (Fsp3) is 0.111. The Morgan fingerprint density at radius 1 is 1.25 bits per heavy atom. The van der Waals surface area contributed by atoms with Crippen molar-refractivity contribution >= 4 is 29.2 Å². The Morgan fingerprint density at radius 2 is 2.00 bits per heavy atom. The van der Waals surface area contributed by atoms with Crippen LogP contribution in [-0.4, -0.2) is 12.1 Å². The van der Waals surface area contributed by atoms with Gasteiger partial charge in [0.2, 0.25) is 0 Å². The molecule has 0 fully saturated rings. The highest BCUT2D eigenvalue weighted by Gasteiger charge is 2.27. The highest BCUT2D eigenvalue weighted by molar-refractivity contribution is 6.30. The Hall–Kier alpha value is -2.81. The molecule has 0 saturated carbocycles. The fourth-order valence-corrected chi connectivity index (χ4v) is 2.63. The average Bonchev–Trinajstić information content (AvgIpc) is 2.57. The first-order valence-corrected chi connectivity index (χ1v) is 7.74. The van der Waals surface area contributed by atoms with Gasteiger partial charge in [0.25, 0.3) is 5.91 Å². The molecule has 1 unspecified atom stereocenters. The van der Waals surface area contributed by atoms with Gasteiger partial charge in [0.15, 0.2) is 0 Å². The van der Waals surface area contributed by atoms with E-state index in [0.717, 1.165) is 22.5 Å². The largest absolute Gasteiger partial charge is 0.331 e. The van der Waals surface area contributed by atoms with Gasteiger partial charge in [0, 0.05) is 28.2 Å². The van der Waals surface area contributed by atoms with E-state index in [-0.39, 0.29) is 0 Å². The van der Waals surface area contributed by atoms with Gasteiger partial charge in [-0.3, -0.25) is 5.73 Å². The van der Waals surface area contributed by atoms with Gasteiger partial charge in [-0.05, 0) is 55.0 Å². The van der Waals surface area contributed by atoms with Crippen molar-refractivity contribution in [1.82, 2.24) is 5.32 Å². The molecule has 0 aromatic heterocycles. The molecule has 0 bridgehead atoms. The Kier molecular flexibility index (Phi) is 4.26. The number of aliphatic imine (C=N–C) groups is 1. The van der Waals surface area contributed by atoms with Crippen molar-refractivity contribution in [3.8, 4) is 6.07 Å². The van der Waals surface area contributed by atoms with E-state index in [2.05, 4.69) is 21.7 Å². The van der Waals surface area contributed by atoms with Gasteiger partial charge in [-0.25, -0.2) is 4.99 Å². The van der Waals surface area contributed by atoms with Crippen LogP contribution in [0.3, 0.4) is 0 Å². The number of nitrogens with one attached hydrogen (secondary N) is 2. The van der Waals surface area contributed by atoms with E-state index in [1.54, 1.807) is 30.5 Å². The molecule has 0 aliphatic carbocycles. The second-order valence-corrected chi connectivity index (χ2v) is 5.96. The highest BCUT2D eigenvalue weighted by Crippen LogP contribution is 2.24. The van der Waals surface area contributed by atoms with Gasteiger partial charge in [-0.1, -0.05) is 17.7 Å². The topological polar surface area (TPSA) is 86.2 Å². The van der Waals surface area contributed by atoms with E-state index in [1.165, 1.54) is 0 Å². The van der Waals surface area contributed by atoms with Gasteiger partial charge < -0.3 is 10.6 Å². The summed E-state index contributed by atoms with van der Waals surface area (Å²) in [6, 6.07) is 14.8. The Morgan fingerprint density at radius 3 is 2.71 bits per heavy atom. The molecule has 1 aliphatic rings. The van der Waals surface area contributed by atoms with Crippen molar-refractivity contribution in [3.63, 3.8) is 0 Å². The van der Waals surface area contributed by atoms with Crippen molar-refractivity contribution in [3.05, 3.63) is 70.3 Å². The normalized spacial score (nSPS) is 19.2. The summed E-state index contributed by atoms with van der Waals surface area (Å²) in [6.07, 6.45) is 3.51. The summed E-state index contributed by atoms with van der Waals surface area (Å²) < 4.78 is 0. The lowest BCUT2D eigenvalue weighted by Gasteiger charge is -2.33. The minimum Gasteiger partial charge on any atom is -0.331 e. The summed E-state index contributed by atoms with van der Waals surface area (Å²) in [6.45, 7) is 2.01. The second kappa shape index (κ2) is 6.36. The number of aryl methyl sites for hydroxylation is 1. The third kappa shape index (κ3) is 3.40. The molecule has 2 aromatic carbocycles. The summed E-state index contributed by atoms with van der Waals surface area (Å²) >= 11 is 6.10. The highest BCUT2D eigenvalue weighted by atomic mass is 35.5. The van der Waals surface area contributed by atoms with Crippen LogP contribution in [0.4, 0.5) is 5.69 Å². The quantitative estimate of drug-likeness (QED) is 0.750. The zero-order valence-electron chi connectivity index (χ0n) is 13.0. The van der Waals surface area contributed by atoms with E-state index >= 15 is 0 Å². The van der Waals surface area contributed by atoms with Gasteiger partial charge in [-0.15, -0.1) is 0 Å². The predicted molar refractivity (Wildman–Crippen MR) is 97.5 cm³/mol. The molecule has 1 heterocycles. The second-order valence-electron chi connectivity index (χ2n) is 5.52. The van der Waals surface area contributed by atoms with Crippen LogP contribution in [0.1, 0.15) is 16.7 Å². The molecule has 6 heteroatoms. The van der Waals surface area contributed by atoms with Gasteiger partial charge in [-0.2, -0.15) is 5.26 Å². The van der Waals surface area contributed by atoms with E-state index in [0.29, 0.717) is 10.6 Å². The number of hydrogen-bond donors (Lipinski definition) is 3. The molecular weight excluding hydrogens is 322 g/mol. The number of allylic oxidation sites excluding steroid dienone is 1. The summed E-state index contributed by atoms with van der Waals surface area (Å²) in [7, 11) is 0. The average molecular weight is 338 g/mol. The van der Waals surface area contributed by atoms with Crippen LogP contribution in [0.5, 0.6) is 0 Å². The minimum absolute atomic E-state index is 0.585. The minimum atomic E-state index is -1.19. The number of anilines is 1. The molecule has 2 aromatic rings. The Bertz CT molecular complexity index is 864. The SMILES string of the molecule is Cc1ccc(Cl)cc1C1=CC=NC(N)(Nc2ccc(C#N)cc2)N1. The number of benzene rings is 2. The molecule has 4 N–H and O–H groups in total. The lowest BCUT2D eigenvalue weighted by molar-refractivity contribution is 0.463. The molecule has 120 valence electrons. The molecule has 1 aliphatic heterocycles. The van der Waals surface area contributed by atoms with Crippen molar-refractivity contribution in [2.45, 2.75) is 12.8 Å². The maximum atomic E-state index is 8.86. The van der Waals surface area contributed by atoms with Crippen molar-refractivity contribution < 1.29 is 0 Å². The first-order valence-electron chi connectivity index (χ1n) is 7.36. The third-order valence-electron chi connectivity index (χ3n) is 3.68. The molecule has 24 heavy (non-hydrogen) atoms. The van der Waals surface area contributed by atoms with E-state index in [9.17, 15) is 0 Å². The monoisotopic (exact) mass is 337 g/mol. The Labute approximate surface area is 145 Å². The molecule has 0 amide bonds. The molecule has 0 radical (unpaired) electrons. The van der Waals surface area contributed by atoms with Crippen LogP contribution in [0.2, 0.25) is 5.02 Å². The number of halogens is 1.